The fourth-order valence-corrected chi connectivity index (χ4v) is 7.90. The molecular formula is C28H34N2O3. The van der Waals surface area contributed by atoms with Crippen LogP contribution in [0.4, 0.5) is 0 Å². The molecule has 0 aromatic heterocycles. The van der Waals surface area contributed by atoms with E-state index in [2.05, 4.69) is 53.2 Å². The minimum atomic E-state index is -0.805. The second kappa shape index (κ2) is 6.97. The first-order chi connectivity index (χ1) is 16.0. The van der Waals surface area contributed by atoms with Gasteiger partial charge in [0.05, 0.1) is 11.0 Å². The van der Waals surface area contributed by atoms with Crippen LogP contribution < -0.4 is 4.74 Å². The monoisotopic (exact) mass is 446 g/mol. The van der Waals surface area contributed by atoms with Gasteiger partial charge >= 0.3 is 0 Å². The van der Waals surface area contributed by atoms with Crippen LogP contribution in [0.3, 0.4) is 0 Å². The third-order valence-electron chi connectivity index (χ3n) is 9.57. The van der Waals surface area contributed by atoms with E-state index in [4.69, 9.17) is 4.74 Å². The number of likely N-dealkylation sites (N-methyl/N-ethyl adjacent to an activating group) is 1. The van der Waals surface area contributed by atoms with Gasteiger partial charge in [0.15, 0.2) is 11.5 Å². The lowest BCUT2D eigenvalue weighted by molar-refractivity contribution is -0.200. The molecule has 3 aliphatic carbocycles. The number of hydrogen-bond donors (Lipinski definition) is 2. The van der Waals surface area contributed by atoms with Crippen molar-refractivity contribution in [1.29, 1.82) is 0 Å². The maximum atomic E-state index is 12.6. The summed E-state index contributed by atoms with van der Waals surface area (Å²) in [5.74, 6) is 1.68. The van der Waals surface area contributed by atoms with Crippen molar-refractivity contribution in [3.8, 4) is 11.5 Å². The first-order valence-electron chi connectivity index (χ1n) is 12.7. The van der Waals surface area contributed by atoms with Gasteiger partial charge in [0.25, 0.3) is 0 Å². The number of benzene rings is 2. The molecule has 2 aromatic carbocycles. The summed E-state index contributed by atoms with van der Waals surface area (Å²) in [6.45, 7) is 2.98. The molecule has 5 heteroatoms. The highest BCUT2D eigenvalue weighted by Gasteiger charge is 2.73. The lowest BCUT2D eigenvalue weighted by Gasteiger charge is -2.64. The molecule has 2 heterocycles. The second-order valence-corrected chi connectivity index (χ2v) is 11.3. The Labute approximate surface area is 196 Å². The SMILES string of the molecule is CN(Cc1ccccc1)[C@@H]1CC[C@@]2(O)[C@H]3Cc4ccc(O)c5c4[C@@]2(CCN3CC2CC2)[C@H]1O5. The fourth-order valence-electron chi connectivity index (χ4n) is 7.90. The molecule has 0 radical (unpaired) electrons. The summed E-state index contributed by atoms with van der Waals surface area (Å²) in [7, 11) is 2.19. The Kier molecular flexibility index (Phi) is 4.29. The summed E-state index contributed by atoms with van der Waals surface area (Å²) in [6.07, 6.45) is 5.98. The lowest BCUT2D eigenvalue weighted by atomic mass is 9.48. The van der Waals surface area contributed by atoms with Gasteiger partial charge in [-0.05, 0) is 75.2 Å². The number of ether oxygens (including phenoxy) is 1. The summed E-state index contributed by atoms with van der Waals surface area (Å²) in [6, 6.07) is 14.8. The standard InChI is InChI=1S/C28H34N2O3/c1-29(16-18-5-3-2-4-6-18)21-11-12-28(32)23-15-20-9-10-22(31)25-24(20)27(28,26(21)33-25)13-14-30(23)17-19-7-8-19/h2-6,9-10,19,21,23,26,31-32H,7-8,11-17H2,1H3/t21-,23-,26+,27+,28-/m1/s1. The molecule has 2 aromatic rings. The van der Waals surface area contributed by atoms with Crippen molar-refractivity contribution in [2.75, 3.05) is 20.1 Å². The third kappa shape index (κ3) is 2.70. The van der Waals surface area contributed by atoms with E-state index in [-0.39, 0.29) is 23.9 Å². The van der Waals surface area contributed by atoms with Gasteiger partial charge in [0.2, 0.25) is 0 Å². The molecule has 5 nitrogen and oxygen atoms in total. The van der Waals surface area contributed by atoms with Crippen LogP contribution in [0.25, 0.3) is 0 Å². The number of likely N-dealkylation sites (tertiary alicyclic amines) is 1. The summed E-state index contributed by atoms with van der Waals surface area (Å²) in [5, 5.41) is 23.4. The zero-order valence-corrected chi connectivity index (χ0v) is 19.4. The molecular weight excluding hydrogens is 412 g/mol. The first-order valence-corrected chi connectivity index (χ1v) is 12.7. The van der Waals surface area contributed by atoms with Crippen LogP contribution in [0.5, 0.6) is 11.5 Å². The van der Waals surface area contributed by atoms with E-state index in [9.17, 15) is 10.2 Å². The number of hydrogen-bond acceptors (Lipinski definition) is 5. The molecule has 5 aliphatic rings. The van der Waals surface area contributed by atoms with Crippen LogP contribution in [0.1, 0.15) is 48.8 Å². The fraction of sp³-hybridized carbons (Fsp3) is 0.571. The maximum absolute atomic E-state index is 12.6. The topological polar surface area (TPSA) is 56.2 Å². The summed E-state index contributed by atoms with van der Waals surface area (Å²) in [5.41, 5.74) is 2.44. The van der Waals surface area contributed by atoms with E-state index in [0.717, 1.165) is 56.8 Å². The van der Waals surface area contributed by atoms with Crippen molar-refractivity contribution in [3.05, 3.63) is 59.2 Å². The Bertz CT molecular complexity index is 1090. The molecule has 2 bridgehead atoms. The molecule has 1 saturated heterocycles. The van der Waals surface area contributed by atoms with Crippen LogP contribution in [0, 0.1) is 5.92 Å². The summed E-state index contributed by atoms with van der Waals surface area (Å²) < 4.78 is 6.70. The number of nitrogens with zero attached hydrogens (tertiary/aromatic N) is 2. The van der Waals surface area contributed by atoms with Gasteiger partial charge in [-0.15, -0.1) is 0 Å². The smallest absolute Gasteiger partial charge is 0.165 e. The Balaban J connectivity index is 1.31. The van der Waals surface area contributed by atoms with Crippen molar-refractivity contribution >= 4 is 0 Å². The third-order valence-corrected chi connectivity index (χ3v) is 9.57. The van der Waals surface area contributed by atoms with Crippen LogP contribution in [-0.4, -0.2) is 63.9 Å². The van der Waals surface area contributed by atoms with E-state index < -0.39 is 11.0 Å². The average molecular weight is 447 g/mol. The molecule has 2 N–H and O–H groups in total. The van der Waals surface area contributed by atoms with Crippen LogP contribution >= 0.6 is 0 Å². The molecule has 0 unspecified atom stereocenters. The summed E-state index contributed by atoms with van der Waals surface area (Å²) >= 11 is 0. The molecule has 2 aliphatic heterocycles. The Hall–Kier alpha value is -2.08. The van der Waals surface area contributed by atoms with Crippen molar-refractivity contribution < 1.29 is 14.9 Å². The van der Waals surface area contributed by atoms with Crippen LogP contribution in [0.2, 0.25) is 0 Å². The maximum Gasteiger partial charge on any atom is 0.165 e. The van der Waals surface area contributed by atoms with Crippen molar-refractivity contribution in [3.63, 3.8) is 0 Å². The van der Waals surface area contributed by atoms with E-state index in [1.807, 2.05) is 0 Å². The quantitative estimate of drug-likeness (QED) is 0.737. The average Bonchev–Trinajstić information content (AvgIpc) is 3.55. The number of piperidine rings is 1. The minimum Gasteiger partial charge on any atom is -0.504 e. The van der Waals surface area contributed by atoms with E-state index in [1.54, 1.807) is 6.07 Å². The van der Waals surface area contributed by atoms with Crippen molar-refractivity contribution in [1.82, 2.24) is 9.80 Å². The number of aromatic hydroxyl groups is 1. The second-order valence-electron chi connectivity index (χ2n) is 11.3. The molecule has 2 saturated carbocycles. The van der Waals surface area contributed by atoms with Gasteiger partial charge in [-0.2, -0.15) is 0 Å². The Morgan fingerprint density at radius 2 is 1.91 bits per heavy atom. The van der Waals surface area contributed by atoms with E-state index in [1.165, 1.54) is 24.0 Å². The predicted molar refractivity (Wildman–Crippen MR) is 126 cm³/mol. The van der Waals surface area contributed by atoms with Gasteiger partial charge in [-0.3, -0.25) is 9.80 Å². The lowest BCUT2D eigenvalue weighted by Crippen LogP contribution is -2.78. The zero-order valence-electron chi connectivity index (χ0n) is 19.4. The molecule has 7 rings (SSSR count). The Morgan fingerprint density at radius 1 is 1.09 bits per heavy atom. The number of phenols is 1. The molecule has 3 fully saturated rings. The van der Waals surface area contributed by atoms with Gasteiger partial charge in [0.1, 0.15) is 6.10 Å². The molecule has 174 valence electrons. The van der Waals surface area contributed by atoms with Gasteiger partial charge in [-0.1, -0.05) is 36.4 Å². The Morgan fingerprint density at radius 3 is 2.70 bits per heavy atom. The van der Waals surface area contributed by atoms with Crippen LogP contribution in [-0.2, 0) is 18.4 Å². The molecule has 5 atom stereocenters. The number of rotatable bonds is 5. The molecule has 33 heavy (non-hydrogen) atoms. The van der Waals surface area contributed by atoms with Crippen molar-refractivity contribution in [2.24, 2.45) is 5.92 Å². The number of aliphatic hydroxyl groups is 1. The number of phenolic OH excluding ortho intramolecular Hbond substituents is 1. The molecule has 1 spiro atoms. The van der Waals surface area contributed by atoms with E-state index >= 15 is 0 Å². The highest BCUT2D eigenvalue weighted by molar-refractivity contribution is 5.62. The highest BCUT2D eigenvalue weighted by atomic mass is 16.5. The first kappa shape index (κ1) is 20.3. The van der Waals surface area contributed by atoms with Gasteiger partial charge in [-0.25, -0.2) is 0 Å². The molecule has 0 amide bonds. The van der Waals surface area contributed by atoms with Gasteiger partial charge in [0, 0.05) is 30.7 Å². The summed E-state index contributed by atoms with van der Waals surface area (Å²) in [4.78, 5) is 5.01. The minimum absolute atomic E-state index is 0.140. The normalized spacial score (nSPS) is 36.5. The highest BCUT2D eigenvalue weighted by Crippen LogP contribution is 2.66. The van der Waals surface area contributed by atoms with E-state index in [0.29, 0.717) is 5.75 Å². The zero-order chi connectivity index (χ0) is 22.4. The van der Waals surface area contributed by atoms with Gasteiger partial charge < -0.3 is 14.9 Å². The largest absolute Gasteiger partial charge is 0.504 e. The van der Waals surface area contributed by atoms with Crippen LogP contribution in [0.15, 0.2) is 42.5 Å². The van der Waals surface area contributed by atoms with Crippen molar-refractivity contribution in [2.45, 2.75) is 74.3 Å². The predicted octanol–water partition coefficient (Wildman–Crippen LogP) is 3.46.